The van der Waals surface area contributed by atoms with Gasteiger partial charge in [-0.1, -0.05) is 97.9 Å². The standard InChI is InChI=1S/C24H25NO2Si/c1-3-13-24(26)20(2)25-27-28(21-14-7-4-8-15-21,22-16-9-5-10-17-22)23-18-11-6-12-19-23/h4-12,14-19H,3,13H2,1-2H3. The van der Waals surface area contributed by atoms with Gasteiger partial charge in [0.2, 0.25) is 0 Å². The fourth-order valence-electron chi connectivity index (χ4n) is 3.27. The minimum absolute atomic E-state index is 0.0274. The molecule has 3 rings (SSSR count). The van der Waals surface area contributed by atoms with Crippen LogP contribution in [0.3, 0.4) is 0 Å². The zero-order chi connectivity index (χ0) is 19.8. The van der Waals surface area contributed by atoms with Crippen molar-refractivity contribution >= 4 is 35.4 Å². The fraction of sp³-hybridized carbons (Fsp3) is 0.167. The Labute approximate surface area is 167 Å². The van der Waals surface area contributed by atoms with E-state index >= 15 is 0 Å². The van der Waals surface area contributed by atoms with Crippen LogP contribution < -0.4 is 15.6 Å². The lowest BCUT2D eigenvalue weighted by Gasteiger charge is -2.30. The van der Waals surface area contributed by atoms with Crippen LogP contribution in [0.15, 0.2) is 96.2 Å². The number of nitrogens with zero attached hydrogens (tertiary/aromatic N) is 1. The highest BCUT2D eigenvalue weighted by Crippen LogP contribution is 2.11. The second-order valence-corrected chi connectivity index (χ2v) is 10.00. The summed E-state index contributed by atoms with van der Waals surface area (Å²) in [5.41, 5.74) is 0.418. The monoisotopic (exact) mass is 387 g/mol. The van der Waals surface area contributed by atoms with E-state index in [1.165, 1.54) is 0 Å². The van der Waals surface area contributed by atoms with Crippen molar-refractivity contribution in [1.82, 2.24) is 0 Å². The molecule has 0 aliphatic carbocycles. The molecule has 4 heteroatoms. The van der Waals surface area contributed by atoms with Crippen LogP contribution in [0.5, 0.6) is 0 Å². The topological polar surface area (TPSA) is 38.7 Å². The van der Waals surface area contributed by atoms with Gasteiger partial charge in [0.1, 0.15) is 5.71 Å². The molecule has 0 bridgehead atoms. The average molecular weight is 388 g/mol. The highest BCUT2D eigenvalue weighted by atomic mass is 28.4. The lowest BCUT2D eigenvalue weighted by Crippen LogP contribution is -2.68. The fourth-order valence-corrected chi connectivity index (χ4v) is 6.85. The highest BCUT2D eigenvalue weighted by Gasteiger charge is 2.45. The largest absolute Gasteiger partial charge is 0.438 e. The molecular formula is C24H25NO2Si. The van der Waals surface area contributed by atoms with Gasteiger partial charge in [0.25, 0.3) is 0 Å². The summed E-state index contributed by atoms with van der Waals surface area (Å²) in [6.07, 6.45) is 1.28. The number of carbonyl (C=O) groups excluding carboxylic acids is 1. The number of hydrogen-bond donors (Lipinski definition) is 0. The Hall–Kier alpha value is -2.98. The van der Waals surface area contributed by atoms with Crippen molar-refractivity contribution in [3.63, 3.8) is 0 Å². The molecule has 0 aliphatic heterocycles. The summed E-state index contributed by atoms with van der Waals surface area (Å²) < 4.78 is 6.42. The van der Waals surface area contributed by atoms with Gasteiger partial charge in [-0.25, -0.2) is 0 Å². The smallest absolute Gasteiger partial charge is 0.380 e. The SMILES string of the molecule is CCCC(=O)C(C)=NO[Si](c1ccccc1)(c1ccccc1)c1ccccc1. The number of benzene rings is 3. The van der Waals surface area contributed by atoms with Crippen molar-refractivity contribution in [2.24, 2.45) is 5.16 Å². The minimum atomic E-state index is -2.90. The Morgan fingerprint density at radius 3 is 1.54 bits per heavy atom. The van der Waals surface area contributed by atoms with Gasteiger partial charge in [-0.2, -0.15) is 0 Å². The van der Waals surface area contributed by atoms with Gasteiger partial charge < -0.3 is 4.53 Å². The van der Waals surface area contributed by atoms with Crippen LogP contribution in [-0.4, -0.2) is 19.8 Å². The molecule has 0 saturated carbocycles. The number of hydrogen-bond acceptors (Lipinski definition) is 3. The van der Waals surface area contributed by atoms with Crippen molar-refractivity contribution in [2.75, 3.05) is 0 Å². The molecule has 0 amide bonds. The predicted molar refractivity (Wildman–Crippen MR) is 118 cm³/mol. The van der Waals surface area contributed by atoms with E-state index in [2.05, 4.69) is 41.6 Å². The number of carbonyl (C=O) groups is 1. The lowest BCUT2D eigenvalue weighted by atomic mass is 10.2. The van der Waals surface area contributed by atoms with Gasteiger partial charge in [0.15, 0.2) is 5.78 Å². The van der Waals surface area contributed by atoms with Crippen molar-refractivity contribution < 1.29 is 9.32 Å². The van der Waals surface area contributed by atoms with Crippen molar-refractivity contribution in [3.8, 4) is 0 Å². The number of oxime groups is 1. The Morgan fingerprint density at radius 1 is 0.786 bits per heavy atom. The maximum absolute atomic E-state index is 12.3. The summed E-state index contributed by atoms with van der Waals surface area (Å²) in [5.74, 6) is 0.0274. The summed E-state index contributed by atoms with van der Waals surface area (Å²) >= 11 is 0. The van der Waals surface area contributed by atoms with Crippen LogP contribution in [0.1, 0.15) is 26.7 Å². The molecular weight excluding hydrogens is 362 g/mol. The minimum Gasteiger partial charge on any atom is -0.438 e. The molecule has 0 aromatic heterocycles. The molecule has 0 fully saturated rings. The molecule has 3 nitrogen and oxygen atoms in total. The van der Waals surface area contributed by atoms with E-state index in [0.717, 1.165) is 22.0 Å². The van der Waals surface area contributed by atoms with Gasteiger partial charge in [0, 0.05) is 6.42 Å². The quantitative estimate of drug-likeness (QED) is 0.257. The highest BCUT2D eigenvalue weighted by molar-refractivity contribution is 7.07. The van der Waals surface area contributed by atoms with Crippen LogP contribution >= 0.6 is 0 Å². The summed E-state index contributed by atoms with van der Waals surface area (Å²) in [6.45, 7) is 3.72. The summed E-state index contributed by atoms with van der Waals surface area (Å²) in [6, 6.07) is 30.6. The van der Waals surface area contributed by atoms with Gasteiger partial charge in [-0.05, 0) is 28.9 Å². The zero-order valence-electron chi connectivity index (χ0n) is 16.3. The third-order valence-electron chi connectivity index (χ3n) is 4.74. The second kappa shape index (κ2) is 9.29. The van der Waals surface area contributed by atoms with Gasteiger partial charge in [-0.15, -0.1) is 5.16 Å². The van der Waals surface area contributed by atoms with Crippen molar-refractivity contribution in [2.45, 2.75) is 26.7 Å². The van der Waals surface area contributed by atoms with Gasteiger partial charge >= 0.3 is 8.32 Å². The molecule has 142 valence electrons. The molecule has 0 radical (unpaired) electrons. The summed E-state index contributed by atoms with van der Waals surface area (Å²) in [4.78, 5) is 12.3. The average Bonchev–Trinajstić information content (AvgIpc) is 2.76. The number of rotatable bonds is 8. The summed E-state index contributed by atoms with van der Waals surface area (Å²) in [5, 5.41) is 7.64. The van der Waals surface area contributed by atoms with Crippen LogP contribution in [0, 0.1) is 0 Å². The molecule has 0 spiro atoms. The molecule has 0 heterocycles. The maximum Gasteiger partial charge on any atom is 0.380 e. The second-order valence-electron chi connectivity index (χ2n) is 6.72. The zero-order valence-corrected chi connectivity index (χ0v) is 17.3. The molecule has 3 aromatic carbocycles. The molecule has 0 unspecified atom stereocenters. The van der Waals surface area contributed by atoms with E-state index in [-0.39, 0.29) is 5.78 Å². The first-order valence-electron chi connectivity index (χ1n) is 9.61. The first kappa shape index (κ1) is 19.8. The Bertz CT molecular complexity index is 828. The van der Waals surface area contributed by atoms with Crippen LogP contribution in [-0.2, 0) is 9.32 Å². The Morgan fingerprint density at radius 2 is 1.18 bits per heavy atom. The molecule has 0 saturated heterocycles. The van der Waals surface area contributed by atoms with Crippen LogP contribution in [0.25, 0.3) is 0 Å². The van der Waals surface area contributed by atoms with Gasteiger partial charge in [-0.3, -0.25) is 4.79 Å². The third-order valence-corrected chi connectivity index (χ3v) is 8.55. The molecule has 3 aromatic rings. The van der Waals surface area contributed by atoms with E-state index in [4.69, 9.17) is 4.53 Å². The van der Waals surface area contributed by atoms with Gasteiger partial charge in [0.05, 0.1) is 0 Å². The third kappa shape index (κ3) is 4.12. The van der Waals surface area contributed by atoms with E-state index in [1.54, 1.807) is 6.92 Å². The van der Waals surface area contributed by atoms with E-state index in [1.807, 2.05) is 61.5 Å². The lowest BCUT2D eigenvalue weighted by molar-refractivity contribution is -0.113. The Balaban J connectivity index is 2.20. The number of Topliss-reactive ketones (excluding diaryl/α,β-unsaturated/α-hetero) is 1. The molecule has 0 N–H and O–H groups in total. The van der Waals surface area contributed by atoms with E-state index in [0.29, 0.717) is 12.1 Å². The molecule has 0 atom stereocenters. The van der Waals surface area contributed by atoms with Crippen molar-refractivity contribution in [1.29, 1.82) is 0 Å². The first-order chi connectivity index (χ1) is 13.7. The van der Waals surface area contributed by atoms with Crippen LogP contribution in [0.2, 0.25) is 0 Å². The molecule has 28 heavy (non-hydrogen) atoms. The van der Waals surface area contributed by atoms with Crippen LogP contribution in [0.4, 0.5) is 0 Å². The predicted octanol–water partition coefficient (Wildman–Crippen LogP) is 3.42. The van der Waals surface area contributed by atoms with Crippen molar-refractivity contribution in [3.05, 3.63) is 91.0 Å². The number of ketones is 1. The summed E-state index contributed by atoms with van der Waals surface area (Å²) in [7, 11) is -2.90. The van der Waals surface area contributed by atoms with E-state index < -0.39 is 8.32 Å². The van der Waals surface area contributed by atoms with E-state index in [9.17, 15) is 4.79 Å². The molecule has 0 aliphatic rings. The maximum atomic E-state index is 12.3. The first-order valence-corrected chi connectivity index (χ1v) is 11.5. The Kier molecular flexibility index (Phi) is 6.56. The normalized spacial score (nSPS) is 11.9.